The van der Waals surface area contributed by atoms with Crippen molar-refractivity contribution in [2.45, 2.75) is 59.7 Å². The van der Waals surface area contributed by atoms with Crippen molar-refractivity contribution in [2.24, 2.45) is 23.2 Å². The number of carbonyl (C=O) groups excluding carboxylic acids is 1. The van der Waals surface area contributed by atoms with Gasteiger partial charge in [0, 0.05) is 30.5 Å². The Bertz CT molecular complexity index is 985. The number of pyridine rings is 1. The van der Waals surface area contributed by atoms with Crippen LogP contribution in [0.25, 0.3) is 0 Å². The van der Waals surface area contributed by atoms with Crippen molar-refractivity contribution < 1.29 is 4.79 Å². The van der Waals surface area contributed by atoms with Gasteiger partial charge in [0.1, 0.15) is 6.54 Å². The first-order chi connectivity index (χ1) is 14.3. The third-order valence-electron chi connectivity index (χ3n) is 7.51. The molecule has 2 aromatic rings. The molecular formula is C23H31N5O2. The predicted octanol–water partition coefficient (Wildman–Crippen LogP) is 2.75. The van der Waals surface area contributed by atoms with Crippen LogP contribution in [0.15, 0.2) is 35.5 Å². The lowest BCUT2D eigenvalue weighted by molar-refractivity contribution is -0.122. The van der Waals surface area contributed by atoms with E-state index in [9.17, 15) is 9.59 Å². The monoisotopic (exact) mass is 409 g/mol. The Morgan fingerprint density at radius 3 is 2.67 bits per heavy atom. The van der Waals surface area contributed by atoms with Gasteiger partial charge in [-0.15, -0.1) is 0 Å². The van der Waals surface area contributed by atoms with Crippen LogP contribution in [0, 0.1) is 30.1 Å². The smallest absolute Gasteiger partial charge is 0.272 e. The molecule has 0 aliphatic heterocycles. The van der Waals surface area contributed by atoms with E-state index in [0.717, 1.165) is 29.5 Å². The maximum atomic E-state index is 12.8. The van der Waals surface area contributed by atoms with Gasteiger partial charge in [-0.2, -0.15) is 5.10 Å². The van der Waals surface area contributed by atoms with Gasteiger partial charge in [0.25, 0.3) is 5.56 Å². The summed E-state index contributed by atoms with van der Waals surface area (Å²) in [4.78, 5) is 29.0. The Morgan fingerprint density at radius 2 is 2.00 bits per heavy atom. The highest BCUT2D eigenvalue weighted by molar-refractivity contribution is 5.75. The molecule has 2 heterocycles. The first kappa shape index (κ1) is 20.6. The van der Waals surface area contributed by atoms with E-state index in [1.165, 1.54) is 11.1 Å². The number of aromatic nitrogens is 3. The summed E-state index contributed by atoms with van der Waals surface area (Å²) in [7, 11) is 0. The van der Waals surface area contributed by atoms with Crippen molar-refractivity contribution in [2.75, 3.05) is 5.32 Å². The number of nitrogens with one attached hydrogen (secondary N) is 2. The summed E-state index contributed by atoms with van der Waals surface area (Å²) < 4.78 is 1.23. The number of nitrogens with zero attached hydrogens (tertiary/aromatic N) is 3. The van der Waals surface area contributed by atoms with Gasteiger partial charge < -0.3 is 10.6 Å². The molecule has 0 aromatic carbocycles. The molecule has 7 nitrogen and oxygen atoms in total. The second-order valence-electron chi connectivity index (χ2n) is 9.48. The zero-order valence-corrected chi connectivity index (χ0v) is 18.2. The molecule has 3 saturated carbocycles. The minimum absolute atomic E-state index is 0.0940. The molecule has 0 radical (unpaired) electrons. The normalized spacial score (nSPS) is 26.5. The number of hydrogen-bond donors (Lipinski definition) is 2. The summed E-state index contributed by atoms with van der Waals surface area (Å²) in [5.74, 6) is 1.79. The molecule has 0 spiro atoms. The third-order valence-corrected chi connectivity index (χ3v) is 7.51. The summed E-state index contributed by atoms with van der Waals surface area (Å²) >= 11 is 0. The van der Waals surface area contributed by atoms with E-state index >= 15 is 0 Å². The largest absolute Gasteiger partial charge is 0.380 e. The average Bonchev–Trinajstić information content (AvgIpc) is 2.73. The lowest BCUT2D eigenvalue weighted by atomic mass is 9.45. The van der Waals surface area contributed by atoms with Crippen LogP contribution in [0.5, 0.6) is 0 Å². The van der Waals surface area contributed by atoms with Crippen molar-refractivity contribution in [1.29, 1.82) is 0 Å². The molecule has 2 bridgehead atoms. The highest BCUT2D eigenvalue weighted by atomic mass is 16.2. The fourth-order valence-electron chi connectivity index (χ4n) is 5.28. The van der Waals surface area contributed by atoms with Crippen LogP contribution in [0.2, 0.25) is 0 Å². The van der Waals surface area contributed by atoms with Gasteiger partial charge in [0.05, 0.1) is 11.9 Å². The fraction of sp³-hybridized carbons (Fsp3) is 0.565. The maximum absolute atomic E-state index is 12.8. The van der Waals surface area contributed by atoms with Crippen LogP contribution < -0.4 is 16.2 Å². The van der Waals surface area contributed by atoms with Gasteiger partial charge in [0.15, 0.2) is 0 Å². The van der Waals surface area contributed by atoms with Crippen molar-refractivity contribution in [1.82, 2.24) is 20.1 Å². The second-order valence-corrected chi connectivity index (χ2v) is 9.48. The van der Waals surface area contributed by atoms with Gasteiger partial charge in [0.2, 0.25) is 5.91 Å². The summed E-state index contributed by atoms with van der Waals surface area (Å²) in [5, 5.41) is 10.7. The molecule has 4 atom stereocenters. The van der Waals surface area contributed by atoms with Crippen LogP contribution in [0.4, 0.5) is 5.69 Å². The van der Waals surface area contributed by atoms with Gasteiger partial charge in [-0.05, 0) is 60.6 Å². The van der Waals surface area contributed by atoms with Gasteiger partial charge >= 0.3 is 0 Å². The Labute approximate surface area is 177 Å². The second kappa shape index (κ2) is 7.85. The molecule has 30 heavy (non-hydrogen) atoms. The summed E-state index contributed by atoms with van der Waals surface area (Å²) in [6.45, 7) is 9.18. The molecule has 3 aliphatic rings. The number of amides is 1. The Balaban J connectivity index is 1.39. The fourth-order valence-corrected chi connectivity index (χ4v) is 5.28. The number of carbonyl (C=O) groups is 1. The summed E-state index contributed by atoms with van der Waals surface area (Å²) in [6, 6.07) is 4.04. The number of rotatable bonds is 6. The van der Waals surface area contributed by atoms with Crippen LogP contribution in [-0.2, 0) is 17.9 Å². The Morgan fingerprint density at radius 1 is 1.27 bits per heavy atom. The zero-order valence-electron chi connectivity index (χ0n) is 18.2. The lowest BCUT2D eigenvalue weighted by Crippen LogP contribution is -2.58. The van der Waals surface area contributed by atoms with Crippen molar-refractivity contribution >= 4 is 11.6 Å². The van der Waals surface area contributed by atoms with Gasteiger partial charge in [-0.1, -0.05) is 20.8 Å². The van der Waals surface area contributed by atoms with E-state index in [0.29, 0.717) is 29.5 Å². The van der Waals surface area contributed by atoms with Crippen molar-refractivity contribution in [3.8, 4) is 0 Å². The van der Waals surface area contributed by atoms with E-state index < -0.39 is 0 Å². The molecule has 160 valence electrons. The standard InChI is InChI=1S/C23H31N5O2/c1-14-18-9-17(23(18,3)4)10-19(14)27-20-12-26-28(22(30)15(20)2)13-21(29)25-11-16-5-7-24-8-6-16/h5-8,12,14,17-19,27H,9-11,13H2,1-4H3,(H,25,29)/t14-,17+,18+,19+/m0/s1. The maximum Gasteiger partial charge on any atom is 0.272 e. The lowest BCUT2D eigenvalue weighted by Gasteiger charge is -2.62. The Hall–Kier alpha value is -2.70. The molecule has 2 N–H and O–H groups in total. The first-order valence-corrected chi connectivity index (χ1v) is 10.8. The van der Waals surface area contributed by atoms with Crippen molar-refractivity contribution in [3.05, 3.63) is 52.2 Å². The minimum Gasteiger partial charge on any atom is -0.380 e. The third kappa shape index (κ3) is 3.73. The summed E-state index contributed by atoms with van der Waals surface area (Å²) in [6.07, 6.45) is 7.50. The molecule has 0 unspecified atom stereocenters. The Kier molecular flexibility index (Phi) is 5.38. The van der Waals surface area contributed by atoms with Crippen molar-refractivity contribution in [3.63, 3.8) is 0 Å². The van der Waals surface area contributed by atoms with Gasteiger partial charge in [-0.25, -0.2) is 4.68 Å². The zero-order chi connectivity index (χ0) is 21.5. The van der Waals surface area contributed by atoms with E-state index in [1.807, 2.05) is 12.1 Å². The van der Waals surface area contributed by atoms with Crippen LogP contribution in [0.3, 0.4) is 0 Å². The first-order valence-electron chi connectivity index (χ1n) is 10.8. The van der Waals surface area contributed by atoms with E-state index in [2.05, 4.69) is 41.5 Å². The molecule has 5 rings (SSSR count). The van der Waals surface area contributed by atoms with Crippen LogP contribution >= 0.6 is 0 Å². The van der Waals surface area contributed by atoms with Gasteiger partial charge in [-0.3, -0.25) is 14.6 Å². The molecule has 3 aliphatic carbocycles. The SMILES string of the molecule is Cc1c(N[C@@H]2C[C@H]3C[C@H]([C@@H]2C)C3(C)C)cnn(CC(=O)NCc2ccncc2)c1=O. The van der Waals surface area contributed by atoms with Crippen LogP contribution in [-0.4, -0.2) is 26.7 Å². The minimum atomic E-state index is -0.246. The molecule has 1 amide bonds. The molecule has 2 aromatic heterocycles. The quantitative estimate of drug-likeness (QED) is 0.766. The highest BCUT2D eigenvalue weighted by Crippen LogP contribution is 2.61. The molecule has 7 heteroatoms. The number of hydrogen-bond acceptors (Lipinski definition) is 5. The average molecular weight is 410 g/mol. The molecule has 0 saturated heterocycles. The topological polar surface area (TPSA) is 88.9 Å². The summed E-state index contributed by atoms with van der Waals surface area (Å²) in [5.41, 5.74) is 2.55. The molecular weight excluding hydrogens is 378 g/mol. The van der Waals surface area contributed by atoms with Crippen LogP contribution in [0.1, 0.15) is 44.7 Å². The van der Waals surface area contributed by atoms with E-state index in [-0.39, 0.29) is 18.0 Å². The van der Waals surface area contributed by atoms with E-state index in [1.54, 1.807) is 25.5 Å². The molecule has 3 fully saturated rings. The number of fused-ring (bicyclic) bond motifs is 2. The number of anilines is 1. The predicted molar refractivity (Wildman–Crippen MR) is 116 cm³/mol. The highest BCUT2D eigenvalue weighted by Gasteiger charge is 2.56. The van der Waals surface area contributed by atoms with E-state index in [4.69, 9.17) is 0 Å².